The van der Waals surface area contributed by atoms with E-state index in [1.807, 2.05) is 36.4 Å². The molecule has 0 aliphatic rings. The van der Waals surface area contributed by atoms with Crippen molar-refractivity contribution in [3.05, 3.63) is 49.9 Å². The number of rotatable bonds is 1. The number of hydrogen-bond acceptors (Lipinski definition) is 0. The van der Waals surface area contributed by atoms with Crippen molar-refractivity contribution in [2.75, 3.05) is 0 Å². The molecule has 0 aromatic heterocycles. The van der Waals surface area contributed by atoms with Crippen molar-refractivity contribution in [3.8, 4) is 0 Å². The first-order valence-electron chi connectivity index (χ1n) is 2.61. The predicted octanol–water partition coefficient (Wildman–Crippen LogP) is -0.216. The summed E-state index contributed by atoms with van der Waals surface area (Å²) in [7, 11) is 0. The van der Waals surface area contributed by atoms with Crippen molar-refractivity contribution >= 4 is 6.08 Å². The fourth-order valence-corrected chi connectivity index (χ4v) is 0.589. The summed E-state index contributed by atoms with van der Waals surface area (Å²) in [6.07, 6.45) is 1.83. The standard InChI is InChI=1S/C8H8.CH3.Li/c1-2-8-6-4-3-5-7-8;;/h2-7H,1H2;1H3;/q;-1;+1. The molecule has 0 atom stereocenters. The molecule has 0 bridgehead atoms. The van der Waals surface area contributed by atoms with E-state index in [9.17, 15) is 0 Å². The Kier molecular flexibility index (Phi) is 8.18. The van der Waals surface area contributed by atoms with E-state index in [4.69, 9.17) is 0 Å². The molecule has 0 N–H and O–H groups in total. The molecule has 0 unspecified atom stereocenters. The summed E-state index contributed by atoms with van der Waals surface area (Å²) in [6, 6.07) is 10.0. The summed E-state index contributed by atoms with van der Waals surface area (Å²) in [5, 5.41) is 0. The van der Waals surface area contributed by atoms with Crippen LogP contribution in [0.1, 0.15) is 5.56 Å². The van der Waals surface area contributed by atoms with Crippen LogP contribution in [0.5, 0.6) is 0 Å². The third-order valence-electron chi connectivity index (χ3n) is 1.04. The quantitative estimate of drug-likeness (QED) is 0.360. The molecule has 1 rings (SSSR count). The zero-order valence-electron chi connectivity index (χ0n) is 6.67. The van der Waals surface area contributed by atoms with Gasteiger partial charge in [0.05, 0.1) is 0 Å². The maximum atomic E-state index is 3.63. The minimum Gasteiger partial charge on any atom is -0.358 e. The van der Waals surface area contributed by atoms with Crippen molar-refractivity contribution in [2.45, 2.75) is 0 Å². The Morgan fingerprint density at radius 3 is 1.90 bits per heavy atom. The second-order valence-electron chi connectivity index (χ2n) is 1.61. The first kappa shape index (κ1) is 12.3. The van der Waals surface area contributed by atoms with Crippen molar-refractivity contribution in [3.63, 3.8) is 0 Å². The van der Waals surface area contributed by atoms with Crippen molar-refractivity contribution in [2.24, 2.45) is 0 Å². The average Bonchev–Trinajstić information content (AvgIpc) is 1.90. The van der Waals surface area contributed by atoms with Gasteiger partial charge in [0, 0.05) is 0 Å². The Morgan fingerprint density at radius 1 is 1.10 bits per heavy atom. The smallest absolute Gasteiger partial charge is 0.358 e. The van der Waals surface area contributed by atoms with Crippen molar-refractivity contribution in [1.82, 2.24) is 0 Å². The fraction of sp³-hybridized carbons (Fsp3) is 0. The molecule has 1 aromatic carbocycles. The average molecular weight is 126 g/mol. The molecule has 0 saturated carbocycles. The van der Waals surface area contributed by atoms with Crippen LogP contribution in [0, 0.1) is 7.43 Å². The minimum atomic E-state index is 0. The predicted molar refractivity (Wildman–Crippen MR) is 42.9 cm³/mol. The maximum Gasteiger partial charge on any atom is 1.00 e. The van der Waals surface area contributed by atoms with Gasteiger partial charge in [0.15, 0.2) is 0 Å². The van der Waals surface area contributed by atoms with Crippen LogP contribution in [0.2, 0.25) is 0 Å². The molecule has 48 valence electrons. The molecule has 0 heterocycles. The second-order valence-corrected chi connectivity index (χ2v) is 1.61. The van der Waals surface area contributed by atoms with Gasteiger partial charge in [-0.05, 0) is 5.56 Å². The molecule has 10 heavy (non-hydrogen) atoms. The van der Waals surface area contributed by atoms with Crippen molar-refractivity contribution < 1.29 is 18.9 Å². The van der Waals surface area contributed by atoms with Gasteiger partial charge in [-0.25, -0.2) is 0 Å². The van der Waals surface area contributed by atoms with Gasteiger partial charge in [0.25, 0.3) is 0 Å². The molecule has 0 amide bonds. The Bertz CT molecular complexity index is 167. The van der Waals surface area contributed by atoms with Crippen LogP contribution in [0.3, 0.4) is 0 Å². The van der Waals surface area contributed by atoms with Crippen LogP contribution in [0.4, 0.5) is 0 Å². The fourth-order valence-electron chi connectivity index (χ4n) is 0.589. The molecular formula is C9H11Li. The van der Waals surface area contributed by atoms with Crippen molar-refractivity contribution in [1.29, 1.82) is 0 Å². The Balaban J connectivity index is 0. The summed E-state index contributed by atoms with van der Waals surface area (Å²) in [4.78, 5) is 0. The maximum absolute atomic E-state index is 3.63. The Labute approximate surface area is 75.1 Å². The van der Waals surface area contributed by atoms with E-state index in [-0.39, 0.29) is 26.3 Å². The minimum absolute atomic E-state index is 0. The number of benzene rings is 1. The summed E-state index contributed by atoms with van der Waals surface area (Å²) >= 11 is 0. The van der Waals surface area contributed by atoms with Gasteiger partial charge in [0.2, 0.25) is 0 Å². The summed E-state index contributed by atoms with van der Waals surface area (Å²) in [5.41, 5.74) is 1.17. The van der Waals surface area contributed by atoms with Crippen LogP contribution in [-0.2, 0) is 0 Å². The monoisotopic (exact) mass is 126 g/mol. The Morgan fingerprint density at radius 2 is 1.60 bits per heavy atom. The molecule has 1 heteroatoms. The SMILES string of the molecule is C=Cc1ccccc1.[CH3-].[Li+]. The van der Waals surface area contributed by atoms with Gasteiger partial charge in [0.1, 0.15) is 0 Å². The largest absolute Gasteiger partial charge is 1.00 e. The van der Waals surface area contributed by atoms with Crippen LogP contribution < -0.4 is 18.9 Å². The second kappa shape index (κ2) is 6.67. The molecule has 0 fully saturated rings. The third-order valence-corrected chi connectivity index (χ3v) is 1.04. The zero-order chi connectivity index (χ0) is 5.82. The van der Waals surface area contributed by atoms with Crippen LogP contribution in [-0.4, -0.2) is 0 Å². The van der Waals surface area contributed by atoms with Gasteiger partial charge in [-0.15, -0.1) is 0 Å². The van der Waals surface area contributed by atoms with Gasteiger partial charge in [-0.1, -0.05) is 43.0 Å². The molecule has 0 aliphatic heterocycles. The van der Waals surface area contributed by atoms with Crippen LogP contribution in [0.15, 0.2) is 36.9 Å². The van der Waals surface area contributed by atoms with Gasteiger partial charge < -0.3 is 7.43 Å². The first-order valence-corrected chi connectivity index (χ1v) is 2.61. The summed E-state index contributed by atoms with van der Waals surface area (Å²) in [5.74, 6) is 0. The van der Waals surface area contributed by atoms with E-state index in [2.05, 4.69) is 6.58 Å². The molecular weight excluding hydrogens is 115 g/mol. The Hall–Kier alpha value is -0.443. The molecule has 0 aliphatic carbocycles. The molecule has 1 aromatic rings. The van der Waals surface area contributed by atoms with E-state index in [1.165, 1.54) is 5.56 Å². The molecule has 0 saturated heterocycles. The van der Waals surface area contributed by atoms with Crippen LogP contribution >= 0.6 is 0 Å². The van der Waals surface area contributed by atoms with Gasteiger partial charge >= 0.3 is 18.9 Å². The van der Waals surface area contributed by atoms with E-state index < -0.39 is 0 Å². The van der Waals surface area contributed by atoms with E-state index in [1.54, 1.807) is 0 Å². The van der Waals surface area contributed by atoms with Gasteiger partial charge in [-0.2, -0.15) is 0 Å². The van der Waals surface area contributed by atoms with Gasteiger partial charge in [-0.3, -0.25) is 0 Å². The number of hydrogen-bond donors (Lipinski definition) is 0. The van der Waals surface area contributed by atoms with E-state index in [0.717, 1.165) is 0 Å². The summed E-state index contributed by atoms with van der Waals surface area (Å²) < 4.78 is 0. The molecule has 0 spiro atoms. The molecule has 0 nitrogen and oxygen atoms in total. The van der Waals surface area contributed by atoms with E-state index >= 15 is 0 Å². The normalized spacial score (nSPS) is 6.80. The third kappa shape index (κ3) is 3.56. The van der Waals surface area contributed by atoms with Crippen LogP contribution in [0.25, 0.3) is 6.08 Å². The summed E-state index contributed by atoms with van der Waals surface area (Å²) in [6.45, 7) is 3.63. The topological polar surface area (TPSA) is 0 Å². The zero-order valence-corrected chi connectivity index (χ0v) is 6.67. The van der Waals surface area contributed by atoms with E-state index in [0.29, 0.717) is 0 Å². The molecule has 0 radical (unpaired) electrons. The first-order chi connectivity index (χ1) is 3.93.